The van der Waals surface area contributed by atoms with Gasteiger partial charge in [0, 0.05) is 172 Å². The number of phenols is 2. The van der Waals surface area contributed by atoms with E-state index in [0.717, 1.165) is 95.8 Å². The monoisotopic (exact) mass is 2150 g/mol. The second-order valence-corrected chi connectivity index (χ2v) is 50.5. The first-order chi connectivity index (χ1) is 62.0. The van der Waals surface area contributed by atoms with Crippen molar-refractivity contribution in [1.29, 1.82) is 0 Å². The number of aromatic hydroxyl groups is 2. The average molecular weight is 2160 g/mol. The van der Waals surface area contributed by atoms with Crippen LogP contribution in [0.5, 0.6) is 46.0 Å². The number of amides is 8. The van der Waals surface area contributed by atoms with Crippen molar-refractivity contribution < 1.29 is 96.3 Å². The number of hydrogen-bond acceptors (Lipinski definition) is 24. The average Bonchev–Trinajstić information content (AvgIpc) is 0.766. The summed E-state index contributed by atoms with van der Waals surface area (Å²) in [6, 6.07) is 30.6. The number of benzene rings is 8. The third-order valence-corrected chi connectivity index (χ3v) is 27.0. The quantitative estimate of drug-likeness (QED) is 0.105. The molecule has 0 saturated carbocycles. The molecular weight excluding hydrogens is 2010 g/mol. The number of rotatable bonds is 8. The molecule has 1 radical (unpaired) electrons. The molecule has 0 spiro atoms. The van der Waals surface area contributed by atoms with Crippen molar-refractivity contribution in [2.75, 3.05) is 113 Å². The normalized spacial score (nSPS) is 11.8. The van der Waals surface area contributed by atoms with Crippen LogP contribution < -0.4 is 30.6 Å². The zero-order valence-corrected chi connectivity index (χ0v) is 101. The molecular formula is C104H146Ca2MnN8O16S8. The van der Waals surface area contributed by atoms with E-state index in [2.05, 4.69) is 166 Å². The Hall–Kier alpha value is -6.24. The van der Waals surface area contributed by atoms with Gasteiger partial charge in [-0.1, -0.05) is 295 Å². The topological polar surface area (TPSA) is 341 Å². The van der Waals surface area contributed by atoms with Gasteiger partial charge in [-0.05, 0) is 185 Å². The van der Waals surface area contributed by atoms with E-state index in [-0.39, 0.29) is 182 Å². The van der Waals surface area contributed by atoms with Crippen molar-refractivity contribution >= 4 is 221 Å². The van der Waals surface area contributed by atoms with Crippen LogP contribution in [0.25, 0.3) is 0 Å². The van der Waals surface area contributed by atoms with E-state index < -0.39 is 0 Å². The number of carbonyl (C=O) groups excluding carboxylic acids is 8. The zero-order chi connectivity index (χ0) is 106. The molecule has 2 N–H and O–H groups in total. The number of phenolic OH excluding ortho intramolecular Hbond substituents is 2. The number of hydrogen-bond donors (Lipinski definition) is 2. The second kappa shape index (κ2) is 60.0. The van der Waals surface area contributed by atoms with E-state index in [1.807, 2.05) is 97.1 Å². The molecule has 2 aliphatic rings. The van der Waals surface area contributed by atoms with Gasteiger partial charge in [0.25, 0.3) is 0 Å². The Morgan fingerprint density at radius 3 is 0.317 bits per heavy atom. The van der Waals surface area contributed by atoms with Crippen LogP contribution in [0.2, 0.25) is 0 Å². The van der Waals surface area contributed by atoms with Crippen LogP contribution in [0.4, 0.5) is 0 Å². The minimum Gasteiger partial charge on any atom is -0.871 e. The van der Waals surface area contributed by atoms with Crippen molar-refractivity contribution in [3.63, 3.8) is 0 Å². The van der Waals surface area contributed by atoms with E-state index in [4.69, 9.17) is 0 Å². The zero-order valence-electron chi connectivity index (χ0n) is 89.1. The third-order valence-electron chi connectivity index (χ3n) is 18.6. The van der Waals surface area contributed by atoms with Gasteiger partial charge in [0.2, 0.25) is 51.3 Å². The molecule has 35 heteroatoms. The molecule has 2 aliphatic heterocycles. The Morgan fingerprint density at radius 2 is 0.252 bits per heavy atom. The van der Waals surface area contributed by atoms with Crippen LogP contribution in [0.3, 0.4) is 0 Å². The maximum Gasteiger partial charge on any atom is 2.00 e. The maximum absolute atomic E-state index is 14.3. The van der Waals surface area contributed by atoms with Crippen LogP contribution in [0.1, 0.15) is 211 Å². The molecule has 0 saturated heterocycles. The van der Waals surface area contributed by atoms with E-state index in [0.29, 0.717) is 78.3 Å². The van der Waals surface area contributed by atoms with Crippen molar-refractivity contribution in [1.82, 2.24) is 39.2 Å². The first kappa shape index (κ1) is 137. The first-order valence-corrected chi connectivity index (χ1v) is 49.8. The summed E-state index contributed by atoms with van der Waals surface area (Å²) < 4.78 is 0. The standard InChI is InChI=1S/2C40H48O4S4.8C3H7NO.2Ca.Mn/c2*1-37(2,3)21-13-25-33(41)26(14-21)46-28-16-23(39(7,8)9)18-30(35(28)43)48-32-20-24(40(10,11)12)19-31(36(32)44)47-29-17-22(38(4,5)6)15-27(45-25)34(29)42;8*1-4(2)3-5;;;/h2*13-20,41-44H,1-12H3;8*3H,1-2H3;;;/q;;;;;;;;;;3*+2/p-6. The van der Waals surface area contributed by atoms with Gasteiger partial charge in [-0.3, -0.25) is 38.4 Å². The molecule has 757 valence electrons. The van der Waals surface area contributed by atoms with Crippen LogP contribution >= 0.6 is 94.1 Å². The van der Waals surface area contributed by atoms with Gasteiger partial charge in [-0.2, -0.15) is 0 Å². The third kappa shape index (κ3) is 46.8. The molecule has 8 amide bonds. The van der Waals surface area contributed by atoms with E-state index in [1.165, 1.54) is 133 Å². The second-order valence-electron chi connectivity index (χ2n) is 41.8. The molecule has 8 aromatic carbocycles. The number of fused-ring (bicyclic) bond motifs is 16. The molecule has 0 fully saturated rings. The van der Waals surface area contributed by atoms with Crippen LogP contribution in [-0.4, -0.2) is 289 Å². The van der Waals surface area contributed by atoms with Gasteiger partial charge < -0.3 is 80.1 Å². The maximum atomic E-state index is 14.3. The molecule has 10 rings (SSSR count). The fourth-order valence-electron chi connectivity index (χ4n) is 10.3. The summed E-state index contributed by atoms with van der Waals surface area (Å²) in [5.74, 6) is -1.06. The van der Waals surface area contributed by atoms with Crippen LogP contribution in [0.15, 0.2) is 175 Å². The molecule has 0 unspecified atom stereocenters. The molecule has 0 atom stereocenters. The Labute approximate surface area is 934 Å². The molecule has 24 nitrogen and oxygen atoms in total. The van der Waals surface area contributed by atoms with E-state index in [1.54, 1.807) is 113 Å². The predicted octanol–water partition coefficient (Wildman–Crippen LogP) is 18.3. The van der Waals surface area contributed by atoms with Gasteiger partial charge in [-0.25, -0.2) is 0 Å². The number of nitrogens with zero attached hydrogens (tertiary/aromatic N) is 8. The van der Waals surface area contributed by atoms with E-state index >= 15 is 0 Å². The molecule has 139 heavy (non-hydrogen) atoms. The Bertz CT molecular complexity index is 4190. The summed E-state index contributed by atoms with van der Waals surface area (Å²) in [7, 11) is 27.0. The predicted molar refractivity (Wildman–Crippen MR) is 564 cm³/mol. The summed E-state index contributed by atoms with van der Waals surface area (Å²) in [5, 5.41) is 109. The van der Waals surface area contributed by atoms with Crippen molar-refractivity contribution in [3.05, 3.63) is 142 Å². The van der Waals surface area contributed by atoms with Gasteiger partial charge in [-0.15, -0.1) is 0 Å². The fourth-order valence-corrected chi connectivity index (χ4v) is 18.9. The van der Waals surface area contributed by atoms with Gasteiger partial charge in [0.05, 0.1) is 19.6 Å². The van der Waals surface area contributed by atoms with Gasteiger partial charge in [0.15, 0.2) is 0 Å². The minimum atomic E-state index is -0.284. The molecule has 8 aromatic rings. The van der Waals surface area contributed by atoms with Crippen molar-refractivity contribution in [2.24, 2.45) is 0 Å². The Balaban J connectivity index is -0.00000188. The van der Waals surface area contributed by atoms with Gasteiger partial charge >= 0.3 is 92.5 Å². The van der Waals surface area contributed by atoms with Crippen LogP contribution in [-0.2, 0) is 98.7 Å². The molecule has 0 aromatic heterocycles. The fraction of sp³-hybridized carbons (Fsp3) is 0.462. The van der Waals surface area contributed by atoms with Crippen molar-refractivity contribution in [2.45, 2.75) is 288 Å². The largest absolute Gasteiger partial charge is 2.00 e. The molecule has 16 bridgehead atoms. The smallest absolute Gasteiger partial charge is 0.871 e. The SMILES string of the molecule is CC(C)(C)c1cc2c([O-])c(c1)Sc1cc(C(C)(C)C)cc(c1[O-])Sc1cc(C(C)(C)C)cc(c1O)Sc1cc(C(C)(C)C)cc(c1[O-])S2.CC(C)(C)c1cc2c([O-])c(c1)Sc1cc(C(C)(C)C)cc(c1[O-])Sc1cc(C(C)(C)C)cc(c1O)Sc1cc(C(C)(C)C)cc(c1[O-])S2.CN(C)C=O.CN(C)C=O.CN(C)C=O.CN(C)C=O.CN(C)C=O.CN(C)C=O.CN(C)C=O.CN(C)C=O.[Ca+2].[Ca+2].[Mn+2]. The summed E-state index contributed by atoms with van der Waals surface area (Å²) in [6.07, 6.45) is 6.00. The first-order valence-electron chi connectivity index (χ1n) is 43.3. The molecule has 2 heterocycles. The summed E-state index contributed by atoms with van der Waals surface area (Å²) >= 11 is 9.72. The molecule has 0 aliphatic carbocycles. The van der Waals surface area contributed by atoms with E-state index in [9.17, 15) is 79.2 Å². The minimum absolute atomic E-state index is 0. The number of carbonyl (C=O) groups is 8. The van der Waals surface area contributed by atoms with Crippen molar-refractivity contribution in [3.8, 4) is 46.0 Å². The summed E-state index contributed by atoms with van der Waals surface area (Å²) in [5.41, 5.74) is 5.51. The Morgan fingerprint density at radius 1 is 0.187 bits per heavy atom. The van der Waals surface area contributed by atoms with Gasteiger partial charge in [0.1, 0.15) is 11.5 Å². The summed E-state index contributed by atoms with van der Waals surface area (Å²) in [6.45, 7) is 50.4. The summed E-state index contributed by atoms with van der Waals surface area (Å²) in [4.78, 5) is 94.7. The van der Waals surface area contributed by atoms with Crippen LogP contribution in [0, 0.1) is 0 Å². The Kier molecular flexibility index (Phi) is 59.1.